The zero-order valence-corrected chi connectivity index (χ0v) is 13.7. The van der Waals surface area contributed by atoms with Crippen molar-refractivity contribution in [2.45, 2.75) is 6.42 Å². The molecule has 0 fully saturated rings. The number of methoxy groups -OCH3 is 1. The fourth-order valence-corrected chi connectivity index (χ4v) is 2.97. The molecule has 3 aromatic rings. The van der Waals surface area contributed by atoms with Crippen molar-refractivity contribution in [1.82, 2.24) is 14.7 Å². The number of amides is 1. The van der Waals surface area contributed by atoms with Gasteiger partial charge in [-0.1, -0.05) is 12.1 Å². The molecule has 0 radical (unpaired) electrons. The van der Waals surface area contributed by atoms with E-state index in [0.717, 1.165) is 11.3 Å². The molecule has 0 bridgehead atoms. The lowest BCUT2D eigenvalue weighted by Crippen LogP contribution is -2.32. The number of benzene rings is 1. The number of fused-ring (bicyclic) bond motifs is 1. The maximum atomic E-state index is 12.3. The maximum Gasteiger partial charge on any atom is 0.275 e. The fourth-order valence-electron chi connectivity index (χ4n) is 2.27. The van der Waals surface area contributed by atoms with E-state index in [1.807, 2.05) is 24.3 Å². The van der Waals surface area contributed by atoms with Crippen LogP contribution in [0.3, 0.4) is 0 Å². The Labute approximate surface area is 141 Å². The predicted octanol–water partition coefficient (Wildman–Crippen LogP) is 1.44. The summed E-state index contributed by atoms with van der Waals surface area (Å²) in [5, 5.41) is 14.2. The molecule has 8 heteroatoms. The summed E-state index contributed by atoms with van der Waals surface area (Å²) in [7, 11) is 1.60. The number of hydrogen-bond donors (Lipinski definition) is 2. The van der Waals surface area contributed by atoms with Crippen LogP contribution in [0.25, 0.3) is 4.96 Å². The average Bonchev–Trinajstić information content (AvgIpc) is 3.04. The molecule has 0 saturated carbocycles. The van der Waals surface area contributed by atoms with Gasteiger partial charge in [0.2, 0.25) is 5.88 Å². The van der Waals surface area contributed by atoms with E-state index in [1.165, 1.54) is 21.9 Å². The Balaban J connectivity index is 1.70. The normalized spacial score (nSPS) is 10.7. The number of nitrogens with zero attached hydrogens (tertiary/aromatic N) is 2. The number of aromatic hydroxyl groups is 1. The molecule has 7 nitrogen and oxygen atoms in total. The molecule has 2 heterocycles. The highest BCUT2D eigenvalue weighted by molar-refractivity contribution is 7.15. The lowest BCUT2D eigenvalue weighted by atomic mass is 10.1. The lowest BCUT2D eigenvalue weighted by molar-refractivity contribution is 0.0949. The van der Waals surface area contributed by atoms with Crippen LogP contribution in [0.1, 0.15) is 15.9 Å². The highest BCUT2D eigenvalue weighted by Gasteiger charge is 2.19. The summed E-state index contributed by atoms with van der Waals surface area (Å²) in [5.41, 5.74) is 0.0878. The molecule has 3 rings (SSSR count). The minimum absolute atomic E-state index is 0.330. The van der Waals surface area contributed by atoms with Gasteiger partial charge in [-0.05, 0) is 24.1 Å². The van der Waals surface area contributed by atoms with Crippen LogP contribution in [-0.4, -0.2) is 34.1 Å². The van der Waals surface area contributed by atoms with Gasteiger partial charge < -0.3 is 15.2 Å². The number of hydrogen-bond acceptors (Lipinski definition) is 6. The quantitative estimate of drug-likeness (QED) is 0.730. The minimum Gasteiger partial charge on any atom is -0.497 e. The first-order chi connectivity index (χ1) is 11.6. The molecular weight excluding hydrogens is 330 g/mol. The summed E-state index contributed by atoms with van der Waals surface area (Å²) in [4.78, 5) is 28.7. The van der Waals surface area contributed by atoms with Crippen molar-refractivity contribution in [1.29, 1.82) is 0 Å². The van der Waals surface area contributed by atoms with E-state index in [2.05, 4.69) is 10.3 Å². The first-order valence-corrected chi connectivity index (χ1v) is 8.08. The van der Waals surface area contributed by atoms with Crippen molar-refractivity contribution < 1.29 is 14.6 Å². The Morgan fingerprint density at radius 2 is 2.12 bits per heavy atom. The van der Waals surface area contributed by atoms with E-state index < -0.39 is 17.3 Å². The van der Waals surface area contributed by atoms with Gasteiger partial charge in [0.1, 0.15) is 5.75 Å². The zero-order chi connectivity index (χ0) is 17.1. The second-order valence-corrected chi connectivity index (χ2v) is 5.90. The standard InChI is InChI=1S/C16H15N3O4S/c1-23-11-4-2-10(3-5-11)6-7-17-13(20)12-14(21)18-16-19(15(12)22)8-9-24-16/h2-5,8-9,21H,6-7H2,1H3,(H,17,20). The van der Waals surface area contributed by atoms with Gasteiger partial charge in [-0.15, -0.1) is 11.3 Å². The van der Waals surface area contributed by atoms with Crippen LogP contribution in [0.2, 0.25) is 0 Å². The van der Waals surface area contributed by atoms with Crippen molar-refractivity contribution in [2.75, 3.05) is 13.7 Å². The summed E-state index contributed by atoms with van der Waals surface area (Å²) < 4.78 is 6.32. The Hall–Kier alpha value is -2.87. The number of thiazole rings is 1. The van der Waals surface area contributed by atoms with Gasteiger partial charge in [0.15, 0.2) is 10.5 Å². The maximum absolute atomic E-state index is 12.3. The molecule has 124 valence electrons. The molecule has 1 amide bonds. The molecule has 0 atom stereocenters. The van der Waals surface area contributed by atoms with Gasteiger partial charge in [0.05, 0.1) is 7.11 Å². The van der Waals surface area contributed by atoms with Crippen LogP contribution in [-0.2, 0) is 6.42 Å². The van der Waals surface area contributed by atoms with E-state index in [4.69, 9.17) is 4.74 Å². The van der Waals surface area contributed by atoms with Gasteiger partial charge in [-0.3, -0.25) is 14.0 Å². The molecule has 2 N–H and O–H groups in total. The molecule has 0 aliphatic carbocycles. The highest BCUT2D eigenvalue weighted by atomic mass is 32.1. The number of rotatable bonds is 5. The molecule has 0 saturated heterocycles. The van der Waals surface area contributed by atoms with Crippen LogP contribution in [0, 0.1) is 0 Å². The number of carbonyl (C=O) groups is 1. The van der Waals surface area contributed by atoms with Crippen LogP contribution in [0.4, 0.5) is 0 Å². The third-order valence-corrected chi connectivity index (χ3v) is 4.29. The van der Waals surface area contributed by atoms with E-state index >= 15 is 0 Å². The van der Waals surface area contributed by atoms with Crippen LogP contribution in [0.5, 0.6) is 11.6 Å². The van der Waals surface area contributed by atoms with E-state index in [0.29, 0.717) is 17.9 Å². The third-order valence-electron chi connectivity index (χ3n) is 3.53. The van der Waals surface area contributed by atoms with Gasteiger partial charge in [0.25, 0.3) is 11.5 Å². The van der Waals surface area contributed by atoms with Gasteiger partial charge in [-0.25, -0.2) is 0 Å². The number of nitrogens with one attached hydrogen (secondary N) is 1. The Kier molecular flexibility index (Phi) is 4.48. The van der Waals surface area contributed by atoms with Crippen LogP contribution < -0.4 is 15.6 Å². The molecule has 0 aliphatic heterocycles. The lowest BCUT2D eigenvalue weighted by Gasteiger charge is -2.07. The molecule has 0 aliphatic rings. The van der Waals surface area contributed by atoms with Crippen molar-refractivity contribution in [3.05, 3.63) is 57.3 Å². The van der Waals surface area contributed by atoms with Crippen molar-refractivity contribution >= 4 is 22.2 Å². The largest absolute Gasteiger partial charge is 0.497 e. The molecule has 0 spiro atoms. The highest BCUT2D eigenvalue weighted by Crippen LogP contribution is 2.15. The Morgan fingerprint density at radius 1 is 1.38 bits per heavy atom. The number of aromatic nitrogens is 2. The first kappa shape index (κ1) is 16.0. The summed E-state index contributed by atoms with van der Waals surface area (Å²) >= 11 is 1.20. The summed E-state index contributed by atoms with van der Waals surface area (Å²) in [6.45, 7) is 0.330. The predicted molar refractivity (Wildman–Crippen MR) is 90.0 cm³/mol. The fraction of sp³-hybridized carbons (Fsp3) is 0.188. The third kappa shape index (κ3) is 3.09. The van der Waals surface area contributed by atoms with E-state index in [-0.39, 0.29) is 5.56 Å². The number of ether oxygens (including phenoxy) is 1. The summed E-state index contributed by atoms with van der Waals surface area (Å²) in [5.74, 6) is -0.431. The SMILES string of the molecule is COc1ccc(CCNC(=O)c2c(O)nc3sccn3c2=O)cc1. The van der Waals surface area contributed by atoms with E-state index in [1.54, 1.807) is 12.5 Å². The van der Waals surface area contributed by atoms with Gasteiger partial charge in [-0.2, -0.15) is 4.98 Å². The van der Waals surface area contributed by atoms with Crippen molar-refractivity contribution in [2.24, 2.45) is 0 Å². The van der Waals surface area contributed by atoms with Gasteiger partial charge >= 0.3 is 0 Å². The molecule has 2 aromatic heterocycles. The molecule has 1 aromatic carbocycles. The first-order valence-electron chi connectivity index (χ1n) is 7.20. The van der Waals surface area contributed by atoms with E-state index in [9.17, 15) is 14.7 Å². The zero-order valence-electron chi connectivity index (χ0n) is 12.9. The molecule has 24 heavy (non-hydrogen) atoms. The summed E-state index contributed by atoms with van der Waals surface area (Å²) in [6.07, 6.45) is 2.11. The second-order valence-electron chi connectivity index (χ2n) is 5.03. The summed E-state index contributed by atoms with van der Waals surface area (Å²) in [6, 6.07) is 7.47. The minimum atomic E-state index is -0.640. The monoisotopic (exact) mass is 345 g/mol. The van der Waals surface area contributed by atoms with Gasteiger partial charge in [0, 0.05) is 18.1 Å². The van der Waals surface area contributed by atoms with Crippen molar-refractivity contribution in [3.8, 4) is 11.6 Å². The molecular formula is C16H15N3O4S. The van der Waals surface area contributed by atoms with Crippen LogP contribution in [0.15, 0.2) is 40.6 Å². The topological polar surface area (TPSA) is 92.9 Å². The molecule has 0 unspecified atom stereocenters. The Morgan fingerprint density at radius 3 is 2.83 bits per heavy atom. The Bertz CT molecular complexity index is 931. The number of carbonyl (C=O) groups excluding carboxylic acids is 1. The van der Waals surface area contributed by atoms with Crippen molar-refractivity contribution in [3.63, 3.8) is 0 Å². The smallest absolute Gasteiger partial charge is 0.275 e. The average molecular weight is 345 g/mol. The van der Waals surface area contributed by atoms with Crippen LogP contribution >= 0.6 is 11.3 Å². The second kappa shape index (κ2) is 6.71.